The number of nitrogens with two attached hydrogens (primary N) is 2. The molecule has 1 rings (SSSR count). The number of primary amides is 1. The smallest absolute Gasteiger partial charge is 0.220 e. The van der Waals surface area contributed by atoms with E-state index in [1.807, 2.05) is 13.8 Å². The Hall–Kier alpha value is -1.55. The predicted octanol–water partition coefficient (Wildman–Crippen LogP) is 1.06. The maximum absolute atomic E-state index is 10.6. The molecule has 0 aliphatic carbocycles. The summed E-state index contributed by atoms with van der Waals surface area (Å²) >= 11 is 0. The van der Waals surface area contributed by atoms with Crippen molar-refractivity contribution in [2.75, 3.05) is 13.2 Å². The van der Waals surface area contributed by atoms with Crippen molar-refractivity contribution in [2.45, 2.75) is 26.7 Å². The van der Waals surface area contributed by atoms with E-state index in [-0.39, 0.29) is 12.3 Å². The number of carbonyl (C=O) groups excluding carboxylic acids is 1. The standard InChI is InChI=1S/C13H20N2O2/c1-9-7-11(3-5-14)8-10(2)13(9)17-6-4-12(15)16/h7-8H,3-6,14H2,1-2H3,(H2,15,16). The molecule has 0 fully saturated rings. The minimum atomic E-state index is -0.347. The van der Waals surface area contributed by atoms with Gasteiger partial charge in [0.15, 0.2) is 0 Å². The van der Waals surface area contributed by atoms with Crippen molar-refractivity contribution in [1.29, 1.82) is 0 Å². The first-order valence-electron chi connectivity index (χ1n) is 5.76. The summed E-state index contributed by atoms with van der Waals surface area (Å²) in [6.45, 7) is 4.95. The summed E-state index contributed by atoms with van der Waals surface area (Å²) in [4.78, 5) is 10.6. The van der Waals surface area contributed by atoms with Gasteiger partial charge in [-0.1, -0.05) is 12.1 Å². The molecule has 0 saturated carbocycles. The lowest BCUT2D eigenvalue weighted by atomic mass is 10.0. The number of aryl methyl sites for hydroxylation is 2. The summed E-state index contributed by atoms with van der Waals surface area (Å²) in [7, 11) is 0. The van der Waals surface area contributed by atoms with Crippen LogP contribution in [0, 0.1) is 13.8 Å². The van der Waals surface area contributed by atoms with E-state index in [9.17, 15) is 4.79 Å². The van der Waals surface area contributed by atoms with Gasteiger partial charge in [-0.25, -0.2) is 0 Å². The van der Waals surface area contributed by atoms with E-state index in [4.69, 9.17) is 16.2 Å². The van der Waals surface area contributed by atoms with Crippen molar-refractivity contribution in [3.63, 3.8) is 0 Å². The van der Waals surface area contributed by atoms with Gasteiger partial charge < -0.3 is 16.2 Å². The van der Waals surface area contributed by atoms with Crippen LogP contribution < -0.4 is 16.2 Å². The van der Waals surface area contributed by atoms with Crippen molar-refractivity contribution in [2.24, 2.45) is 11.5 Å². The molecule has 0 unspecified atom stereocenters. The molecule has 0 aliphatic heterocycles. The highest BCUT2D eigenvalue weighted by atomic mass is 16.5. The van der Waals surface area contributed by atoms with Gasteiger partial charge in [0.1, 0.15) is 5.75 Å². The average Bonchev–Trinajstić information content (AvgIpc) is 2.22. The molecule has 4 heteroatoms. The highest BCUT2D eigenvalue weighted by molar-refractivity contribution is 5.73. The Labute approximate surface area is 102 Å². The van der Waals surface area contributed by atoms with E-state index in [0.717, 1.165) is 23.3 Å². The SMILES string of the molecule is Cc1cc(CCN)cc(C)c1OCCC(N)=O. The first kappa shape index (κ1) is 13.5. The van der Waals surface area contributed by atoms with Crippen molar-refractivity contribution in [1.82, 2.24) is 0 Å². The summed E-state index contributed by atoms with van der Waals surface area (Å²) in [6, 6.07) is 4.14. The summed E-state index contributed by atoms with van der Waals surface area (Å²) in [5.41, 5.74) is 13.9. The van der Waals surface area contributed by atoms with Crippen LogP contribution in [-0.4, -0.2) is 19.1 Å². The summed E-state index contributed by atoms with van der Waals surface area (Å²) < 4.78 is 5.58. The molecule has 0 aliphatic rings. The molecule has 0 saturated heterocycles. The number of ether oxygens (including phenoxy) is 1. The lowest BCUT2D eigenvalue weighted by Crippen LogP contribution is -2.15. The Bertz CT molecular complexity index is 379. The monoisotopic (exact) mass is 236 g/mol. The molecule has 94 valence electrons. The van der Waals surface area contributed by atoms with E-state index in [1.165, 1.54) is 5.56 Å². The zero-order valence-electron chi connectivity index (χ0n) is 10.5. The van der Waals surface area contributed by atoms with Gasteiger partial charge in [-0.2, -0.15) is 0 Å². The number of hydrogen-bond donors (Lipinski definition) is 2. The van der Waals surface area contributed by atoms with Crippen LogP contribution in [0.15, 0.2) is 12.1 Å². The van der Waals surface area contributed by atoms with Crippen LogP contribution in [-0.2, 0) is 11.2 Å². The Morgan fingerprint density at radius 3 is 2.35 bits per heavy atom. The van der Waals surface area contributed by atoms with Crippen LogP contribution in [0.1, 0.15) is 23.1 Å². The fourth-order valence-corrected chi connectivity index (χ4v) is 1.83. The molecule has 0 atom stereocenters. The zero-order chi connectivity index (χ0) is 12.8. The first-order valence-corrected chi connectivity index (χ1v) is 5.76. The number of carbonyl (C=O) groups is 1. The Morgan fingerprint density at radius 1 is 1.29 bits per heavy atom. The van der Waals surface area contributed by atoms with E-state index in [1.54, 1.807) is 0 Å². The van der Waals surface area contributed by atoms with E-state index < -0.39 is 0 Å². The van der Waals surface area contributed by atoms with Gasteiger partial charge in [-0.05, 0) is 43.5 Å². The summed E-state index contributed by atoms with van der Waals surface area (Å²) in [5.74, 6) is 0.493. The Balaban J connectivity index is 2.75. The normalized spacial score (nSPS) is 10.3. The van der Waals surface area contributed by atoms with Crippen molar-refractivity contribution >= 4 is 5.91 Å². The highest BCUT2D eigenvalue weighted by Gasteiger charge is 2.06. The molecule has 0 spiro atoms. The van der Waals surface area contributed by atoms with Crippen molar-refractivity contribution in [3.05, 3.63) is 28.8 Å². The molecule has 0 heterocycles. The van der Waals surface area contributed by atoms with Gasteiger partial charge in [-0.15, -0.1) is 0 Å². The predicted molar refractivity (Wildman–Crippen MR) is 68.0 cm³/mol. The molecule has 1 aromatic rings. The second-order valence-corrected chi connectivity index (χ2v) is 4.16. The molecular weight excluding hydrogens is 216 g/mol. The van der Waals surface area contributed by atoms with Crippen molar-refractivity contribution in [3.8, 4) is 5.75 Å². The minimum absolute atomic E-state index is 0.240. The van der Waals surface area contributed by atoms with Crippen LogP contribution in [0.25, 0.3) is 0 Å². The van der Waals surface area contributed by atoms with Gasteiger partial charge in [0.05, 0.1) is 13.0 Å². The molecule has 17 heavy (non-hydrogen) atoms. The average molecular weight is 236 g/mol. The molecule has 0 radical (unpaired) electrons. The molecular formula is C13H20N2O2. The summed E-state index contributed by atoms with van der Waals surface area (Å²) in [5, 5.41) is 0. The second kappa shape index (κ2) is 6.25. The molecule has 4 nitrogen and oxygen atoms in total. The third-order valence-electron chi connectivity index (χ3n) is 2.55. The van der Waals surface area contributed by atoms with Gasteiger partial charge in [-0.3, -0.25) is 4.79 Å². The fourth-order valence-electron chi connectivity index (χ4n) is 1.83. The Kier molecular flexibility index (Phi) is 4.97. The van der Waals surface area contributed by atoms with Gasteiger partial charge in [0.25, 0.3) is 0 Å². The molecule has 1 aromatic carbocycles. The van der Waals surface area contributed by atoms with Gasteiger partial charge >= 0.3 is 0 Å². The van der Waals surface area contributed by atoms with Crippen LogP contribution in [0.2, 0.25) is 0 Å². The quantitative estimate of drug-likeness (QED) is 0.775. The van der Waals surface area contributed by atoms with Gasteiger partial charge in [0, 0.05) is 0 Å². The molecule has 0 bridgehead atoms. The summed E-state index contributed by atoms with van der Waals surface area (Å²) in [6.07, 6.45) is 1.10. The minimum Gasteiger partial charge on any atom is -0.493 e. The molecule has 1 amide bonds. The fraction of sp³-hybridized carbons (Fsp3) is 0.462. The third-order valence-corrected chi connectivity index (χ3v) is 2.55. The number of benzene rings is 1. The maximum atomic E-state index is 10.6. The topological polar surface area (TPSA) is 78.3 Å². The van der Waals surface area contributed by atoms with Crippen LogP contribution >= 0.6 is 0 Å². The van der Waals surface area contributed by atoms with E-state index in [0.29, 0.717) is 13.2 Å². The van der Waals surface area contributed by atoms with Crippen LogP contribution in [0.4, 0.5) is 0 Å². The lowest BCUT2D eigenvalue weighted by Gasteiger charge is -2.13. The number of rotatable bonds is 6. The third kappa shape index (κ3) is 4.07. The molecule has 0 aromatic heterocycles. The zero-order valence-corrected chi connectivity index (χ0v) is 10.5. The van der Waals surface area contributed by atoms with Gasteiger partial charge in [0.2, 0.25) is 5.91 Å². The highest BCUT2D eigenvalue weighted by Crippen LogP contribution is 2.25. The van der Waals surface area contributed by atoms with E-state index in [2.05, 4.69) is 12.1 Å². The number of amides is 1. The second-order valence-electron chi connectivity index (χ2n) is 4.16. The lowest BCUT2D eigenvalue weighted by molar-refractivity contribution is -0.118. The van der Waals surface area contributed by atoms with Crippen LogP contribution in [0.5, 0.6) is 5.75 Å². The van der Waals surface area contributed by atoms with Crippen LogP contribution in [0.3, 0.4) is 0 Å². The largest absolute Gasteiger partial charge is 0.493 e. The number of hydrogen-bond acceptors (Lipinski definition) is 3. The molecule has 4 N–H and O–H groups in total. The first-order chi connectivity index (χ1) is 8.04. The van der Waals surface area contributed by atoms with E-state index >= 15 is 0 Å². The Morgan fingerprint density at radius 2 is 1.88 bits per heavy atom. The maximum Gasteiger partial charge on any atom is 0.220 e. The van der Waals surface area contributed by atoms with Crippen molar-refractivity contribution < 1.29 is 9.53 Å².